The lowest BCUT2D eigenvalue weighted by Gasteiger charge is -2.04. The molecule has 1 N–H and O–H groups in total. The number of aliphatic hydroxyl groups excluding tert-OH is 1. The van der Waals surface area contributed by atoms with E-state index in [1.807, 2.05) is 0 Å². The lowest BCUT2D eigenvalue weighted by atomic mass is 10.3. The Hall–Kier alpha value is -0.200. The second kappa shape index (κ2) is 4.34. The molecule has 1 aromatic heterocycles. The van der Waals surface area contributed by atoms with Crippen LogP contribution in [-0.4, -0.2) is 18.6 Å². The average Bonchev–Trinajstić information content (AvgIpc) is 2.45. The summed E-state index contributed by atoms with van der Waals surface area (Å²) in [7, 11) is 1.44. The van der Waals surface area contributed by atoms with Gasteiger partial charge in [-0.05, 0) is 22.0 Å². The van der Waals surface area contributed by atoms with Crippen molar-refractivity contribution >= 4 is 27.3 Å². The van der Waals surface area contributed by atoms with Gasteiger partial charge in [-0.1, -0.05) is 0 Å². The number of aliphatic hydroxyl groups is 1. The Balaban J connectivity index is 2.90. The maximum Gasteiger partial charge on any atom is 0.269 e. The van der Waals surface area contributed by atoms with Crippen LogP contribution in [0.5, 0.6) is 5.06 Å². The topological polar surface area (TPSA) is 29.5 Å². The Kier molecular flexibility index (Phi) is 3.63. The van der Waals surface area contributed by atoms with Gasteiger partial charge in [-0.3, -0.25) is 0 Å². The molecule has 0 saturated carbocycles. The van der Waals surface area contributed by atoms with Gasteiger partial charge in [0, 0.05) is 4.88 Å². The first-order valence-electron chi connectivity index (χ1n) is 3.35. The predicted octanol–water partition coefficient (Wildman–Crippen LogP) is 2.82. The van der Waals surface area contributed by atoms with Crippen LogP contribution in [0.4, 0.5) is 8.78 Å². The van der Waals surface area contributed by atoms with Crippen molar-refractivity contribution in [2.75, 3.05) is 7.11 Å². The third kappa shape index (κ3) is 2.38. The average molecular weight is 273 g/mol. The van der Waals surface area contributed by atoms with E-state index in [4.69, 9.17) is 9.84 Å². The number of rotatable bonds is 3. The summed E-state index contributed by atoms with van der Waals surface area (Å²) < 4.78 is 29.6. The fourth-order valence-corrected chi connectivity index (χ4v) is 2.44. The molecule has 0 radical (unpaired) electrons. The van der Waals surface area contributed by atoms with E-state index in [9.17, 15) is 8.78 Å². The van der Waals surface area contributed by atoms with Crippen LogP contribution in [0.1, 0.15) is 11.0 Å². The Morgan fingerprint density at radius 1 is 1.62 bits per heavy atom. The Bertz CT molecular complexity index is 290. The minimum Gasteiger partial charge on any atom is -0.486 e. The molecule has 1 rings (SSSR count). The molecule has 1 heterocycles. The molecule has 0 aliphatic rings. The molecule has 0 amide bonds. The zero-order valence-electron chi connectivity index (χ0n) is 6.63. The van der Waals surface area contributed by atoms with Gasteiger partial charge in [0.05, 0.1) is 11.6 Å². The van der Waals surface area contributed by atoms with Gasteiger partial charge in [0.15, 0.2) is 5.06 Å². The minimum atomic E-state index is -2.77. The van der Waals surface area contributed by atoms with Gasteiger partial charge < -0.3 is 9.84 Å². The second-order valence-corrected chi connectivity index (χ2v) is 4.17. The summed E-state index contributed by atoms with van der Waals surface area (Å²) in [5.74, 6) is 0. The molecule has 0 aliphatic carbocycles. The number of halogens is 3. The number of hydrogen-bond donors (Lipinski definition) is 1. The largest absolute Gasteiger partial charge is 0.486 e. The van der Waals surface area contributed by atoms with Crippen molar-refractivity contribution in [1.29, 1.82) is 0 Å². The zero-order chi connectivity index (χ0) is 10.0. The fourth-order valence-electron chi connectivity index (χ4n) is 0.778. The zero-order valence-corrected chi connectivity index (χ0v) is 9.03. The van der Waals surface area contributed by atoms with E-state index in [0.717, 1.165) is 11.3 Å². The van der Waals surface area contributed by atoms with E-state index in [-0.39, 0.29) is 4.88 Å². The van der Waals surface area contributed by atoms with Crippen LogP contribution in [0, 0.1) is 0 Å². The highest BCUT2D eigenvalue weighted by atomic mass is 79.9. The van der Waals surface area contributed by atoms with Gasteiger partial charge in [-0.2, -0.15) is 0 Å². The van der Waals surface area contributed by atoms with Crippen LogP contribution in [-0.2, 0) is 0 Å². The van der Waals surface area contributed by atoms with Crippen molar-refractivity contribution in [3.8, 4) is 5.06 Å². The molecule has 1 aromatic rings. The van der Waals surface area contributed by atoms with E-state index in [0.29, 0.717) is 9.54 Å². The third-order valence-corrected chi connectivity index (χ3v) is 3.41. The highest BCUT2D eigenvalue weighted by Gasteiger charge is 2.22. The summed E-state index contributed by atoms with van der Waals surface area (Å²) in [4.78, 5) is 0.193. The normalized spacial score (nSPS) is 13.4. The minimum absolute atomic E-state index is 0.193. The molecule has 13 heavy (non-hydrogen) atoms. The lowest BCUT2D eigenvalue weighted by molar-refractivity contribution is -0.00371. The summed E-state index contributed by atoms with van der Waals surface area (Å²) in [6.45, 7) is 0. The van der Waals surface area contributed by atoms with Gasteiger partial charge in [0.1, 0.15) is 6.10 Å². The molecule has 0 fully saturated rings. The van der Waals surface area contributed by atoms with E-state index in [1.54, 1.807) is 0 Å². The molecule has 1 atom stereocenters. The second-order valence-electron chi connectivity index (χ2n) is 2.27. The van der Waals surface area contributed by atoms with Crippen LogP contribution in [0.3, 0.4) is 0 Å². The lowest BCUT2D eigenvalue weighted by Crippen LogP contribution is -2.05. The van der Waals surface area contributed by atoms with Crippen LogP contribution in [0.2, 0.25) is 0 Å². The molecule has 0 aromatic carbocycles. The van der Waals surface area contributed by atoms with Crippen LogP contribution < -0.4 is 4.74 Å². The molecule has 0 spiro atoms. The molecular formula is C7H7BrF2O2S. The monoisotopic (exact) mass is 272 g/mol. The van der Waals surface area contributed by atoms with E-state index in [2.05, 4.69) is 15.9 Å². The number of alkyl halides is 2. The first-order chi connectivity index (χ1) is 6.06. The highest BCUT2D eigenvalue weighted by molar-refractivity contribution is 9.10. The molecule has 6 heteroatoms. The van der Waals surface area contributed by atoms with Crippen molar-refractivity contribution in [2.45, 2.75) is 12.5 Å². The Morgan fingerprint density at radius 3 is 2.62 bits per heavy atom. The summed E-state index contributed by atoms with van der Waals surface area (Å²) in [5, 5.41) is 9.50. The molecule has 74 valence electrons. The van der Waals surface area contributed by atoms with Gasteiger partial charge in [-0.25, -0.2) is 8.78 Å². The van der Waals surface area contributed by atoms with Crippen LogP contribution in [0.25, 0.3) is 0 Å². The number of methoxy groups -OCH3 is 1. The number of thiophene rings is 1. The van der Waals surface area contributed by atoms with E-state index >= 15 is 0 Å². The molecule has 0 bridgehead atoms. The van der Waals surface area contributed by atoms with Gasteiger partial charge in [0.2, 0.25) is 0 Å². The summed E-state index contributed by atoms with van der Waals surface area (Å²) in [5.41, 5.74) is 0. The number of hydrogen-bond acceptors (Lipinski definition) is 3. The maximum absolute atomic E-state index is 12.1. The van der Waals surface area contributed by atoms with Crippen molar-refractivity contribution in [3.05, 3.63) is 15.4 Å². The molecule has 0 saturated heterocycles. The van der Waals surface area contributed by atoms with Gasteiger partial charge in [-0.15, -0.1) is 11.3 Å². The molecule has 1 unspecified atom stereocenters. The van der Waals surface area contributed by atoms with Gasteiger partial charge >= 0.3 is 0 Å². The Labute approximate surface area is 86.3 Å². The predicted molar refractivity (Wildman–Crippen MR) is 49.5 cm³/mol. The maximum atomic E-state index is 12.1. The first kappa shape index (κ1) is 10.9. The van der Waals surface area contributed by atoms with Crippen molar-refractivity contribution in [1.82, 2.24) is 0 Å². The van der Waals surface area contributed by atoms with Crippen molar-refractivity contribution in [2.24, 2.45) is 0 Å². The standard InChI is InChI=1S/C7H7BrF2O2S/c1-12-7-3(8)2-4(13-7)5(11)6(9)10/h2,5-6,11H,1H3. The number of ether oxygens (including phenoxy) is 1. The van der Waals surface area contributed by atoms with Crippen molar-refractivity contribution < 1.29 is 18.6 Å². The Morgan fingerprint density at radius 2 is 2.23 bits per heavy atom. The molecular weight excluding hydrogens is 266 g/mol. The van der Waals surface area contributed by atoms with E-state index < -0.39 is 12.5 Å². The summed E-state index contributed by atoms with van der Waals surface area (Å²) in [6, 6.07) is 1.43. The quantitative estimate of drug-likeness (QED) is 0.917. The van der Waals surface area contributed by atoms with E-state index in [1.165, 1.54) is 13.2 Å². The summed E-state index contributed by atoms with van der Waals surface area (Å²) >= 11 is 4.12. The summed E-state index contributed by atoms with van der Waals surface area (Å²) in [6.07, 6.45) is -4.50. The smallest absolute Gasteiger partial charge is 0.269 e. The molecule has 2 nitrogen and oxygen atoms in total. The van der Waals surface area contributed by atoms with Crippen LogP contribution in [0.15, 0.2) is 10.5 Å². The van der Waals surface area contributed by atoms with Crippen LogP contribution >= 0.6 is 27.3 Å². The van der Waals surface area contributed by atoms with Gasteiger partial charge in [0.25, 0.3) is 6.43 Å². The molecule has 0 aliphatic heterocycles. The first-order valence-corrected chi connectivity index (χ1v) is 4.96. The highest BCUT2D eigenvalue weighted by Crippen LogP contribution is 2.38. The third-order valence-electron chi connectivity index (χ3n) is 1.39. The SMILES string of the molecule is COc1sc(C(O)C(F)F)cc1Br. The fraction of sp³-hybridized carbons (Fsp3) is 0.429. The van der Waals surface area contributed by atoms with Crippen molar-refractivity contribution in [3.63, 3.8) is 0 Å².